The van der Waals surface area contributed by atoms with Gasteiger partial charge in [-0.1, -0.05) is 0 Å². The van der Waals surface area contributed by atoms with Gasteiger partial charge in [0.05, 0.1) is 30.9 Å². The lowest BCUT2D eigenvalue weighted by Gasteiger charge is -2.21. The van der Waals surface area contributed by atoms with Gasteiger partial charge in [-0.25, -0.2) is 19.5 Å². The SMILES string of the molecule is Nc1nc2c(ncn2[C@@H]2OC3C[C@H]2O[PH](=O)OC[C@H]2O[C@@H](c4cnc5c(N)ncnn45)C[C@@H]2CPO3)c(=O)[nH]1. The van der Waals surface area contributed by atoms with Gasteiger partial charge in [-0.2, -0.15) is 10.1 Å². The van der Waals surface area contributed by atoms with Gasteiger partial charge >= 0.3 is 8.25 Å². The third-order valence-corrected chi connectivity index (χ3v) is 9.02. The van der Waals surface area contributed by atoms with Crippen LogP contribution in [0.5, 0.6) is 0 Å². The molecule has 3 saturated heterocycles. The van der Waals surface area contributed by atoms with Crippen LogP contribution >= 0.6 is 17.1 Å². The molecule has 7 rings (SSSR count). The summed E-state index contributed by atoms with van der Waals surface area (Å²) in [6.45, 7) is 0.0699. The van der Waals surface area contributed by atoms with Crippen molar-refractivity contribution < 1.29 is 27.6 Å². The second kappa shape index (κ2) is 9.86. The summed E-state index contributed by atoms with van der Waals surface area (Å²) in [5.74, 6) is 0.265. The Bertz CT molecular complexity index is 1630. The molecule has 2 bridgehead atoms. The van der Waals surface area contributed by atoms with Crippen molar-refractivity contribution in [2.24, 2.45) is 5.92 Å². The Labute approximate surface area is 221 Å². The van der Waals surface area contributed by atoms with Crippen molar-refractivity contribution in [1.82, 2.24) is 39.1 Å². The topological polar surface area (TPSA) is 222 Å². The first-order valence-corrected chi connectivity index (χ1v) is 14.5. The molecule has 3 unspecified atom stereocenters. The number of imidazole rings is 2. The zero-order valence-electron chi connectivity index (χ0n) is 20.2. The Morgan fingerprint density at radius 3 is 2.92 bits per heavy atom. The first-order chi connectivity index (χ1) is 18.9. The molecule has 3 aliphatic rings. The van der Waals surface area contributed by atoms with E-state index in [9.17, 15) is 9.36 Å². The first-order valence-electron chi connectivity index (χ1n) is 12.1. The number of nitrogens with one attached hydrogen (secondary N) is 1. The molecule has 4 aromatic rings. The molecule has 0 aromatic carbocycles. The van der Waals surface area contributed by atoms with E-state index in [1.165, 1.54) is 17.2 Å². The largest absolute Gasteiger partial charge is 0.381 e. The normalized spacial score (nSPS) is 32.4. The molecule has 0 spiro atoms. The van der Waals surface area contributed by atoms with Gasteiger partial charge in [-0.3, -0.25) is 18.9 Å². The smallest absolute Gasteiger partial charge is 0.319 e. The van der Waals surface area contributed by atoms with Crippen molar-refractivity contribution in [1.29, 1.82) is 0 Å². The number of rotatable bonds is 2. The number of hydrogen-bond acceptors (Lipinski definition) is 14. The molecular weight excluding hydrogens is 554 g/mol. The number of aromatic nitrogens is 8. The average molecular weight is 578 g/mol. The van der Waals surface area contributed by atoms with E-state index < -0.39 is 32.4 Å². The minimum atomic E-state index is -2.96. The molecule has 17 nitrogen and oxygen atoms in total. The Hall–Kier alpha value is -3.04. The van der Waals surface area contributed by atoms with Gasteiger partial charge in [-0.05, 0) is 18.5 Å². The Morgan fingerprint density at radius 2 is 2.03 bits per heavy atom. The molecule has 5 N–H and O–H groups in total. The van der Waals surface area contributed by atoms with Crippen LogP contribution in [0.4, 0.5) is 11.8 Å². The molecule has 7 heterocycles. The highest BCUT2D eigenvalue weighted by atomic mass is 31.1. The summed E-state index contributed by atoms with van der Waals surface area (Å²) in [5.41, 5.74) is 12.7. The number of aromatic amines is 1. The molecule has 0 amide bonds. The van der Waals surface area contributed by atoms with Crippen molar-refractivity contribution in [3.63, 3.8) is 0 Å². The second-order valence-electron chi connectivity index (χ2n) is 9.37. The van der Waals surface area contributed by atoms with Gasteiger partial charge in [0, 0.05) is 15.2 Å². The number of nitrogens with zero attached hydrogens (tertiary/aromatic N) is 7. The maximum Gasteiger partial charge on any atom is 0.319 e. The van der Waals surface area contributed by atoms with Crippen LogP contribution < -0.4 is 17.0 Å². The van der Waals surface area contributed by atoms with Crippen molar-refractivity contribution in [2.45, 2.75) is 43.7 Å². The Balaban J connectivity index is 1.10. The van der Waals surface area contributed by atoms with Gasteiger partial charge in [-0.15, -0.1) is 0 Å². The van der Waals surface area contributed by atoms with Crippen molar-refractivity contribution in [2.75, 3.05) is 24.2 Å². The first kappa shape index (κ1) is 25.0. The van der Waals surface area contributed by atoms with Crippen LogP contribution in [0.3, 0.4) is 0 Å². The monoisotopic (exact) mass is 578 g/mol. The number of nitrogen functional groups attached to an aromatic ring is 2. The van der Waals surface area contributed by atoms with Crippen molar-refractivity contribution in [3.05, 3.63) is 34.9 Å². The van der Waals surface area contributed by atoms with Crippen LogP contribution in [0.2, 0.25) is 0 Å². The molecule has 0 saturated carbocycles. The molecule has 0 aliphatic carbocycles. The summed E-state index contributed by atoms with van der Waals surface area (Å²) in [6, 6.07) is 0. The highest BCUT2D eigenvalue weighted by Gasteiger charge is 2.43. The van der Waals surface area contributed by atoms with E-state index in [-0.39, 0.29) is 56.5 Å². The predicted octanol–water partition coefficient (Wildman–Crippen LogP) is 0.528. The van der Waals surface area contributed by atoms with Gasteiger partial charge in [0.1, 0.15) is 18.5 Å². The van der Waals surface area contributed by atoms with Crippen LogP contribution in [-0.4, -0.2) is 70.4 Å². The minimum absolute atomic E-state index is 0.0526. The second-order valence-corrected chi connectivity index (χ2v) is 11.3. The fourth-order valence-corrected chi connectivity index (χ4v) is 7.08. The number of nitrogens with two attached hydrogens (primary N) is 2. The quantitative estimate of drug-likeness (QED) is 0.276. The summed E-state index contributed by atoms with van der Waals surface area (Å²) in [6.07, 6.45) is 3.26. The van der Waals surface area contributed by atoms with E-state index >= 15 is 0 Å². The van der Waals surface area contributed by atoms with Crippen LogP contribution in [0.1, 0.15) is 30.9 Å². The maximum absolute atomic E-state index is 12.9. The summed E-state index contributed by atoms with van der Waals surface area (Å²) in [4.78, 5) is 31.2. The van der Waals surface area contributed by atoms with E-state index in [2.05, 4.69) is 30.0 Å². The standard InChI is InChI=1S/C20H24N10O7P2/c21-15-17-23-3-9(30(17)26-6-24-15)10-1-8-5-38-36-13-2-11(37-39(32)33-4-12(8)34-10)19(35-13)29-7-25-14-16(29)27-20(22)28-18(14)31/h3,6-8,10-13,19,38-39H,1-2,4-5H2,(H2,21,24,26)(H3,22,27,28,31)/t8-,10-,11-,12-,13?,19-/m1/s1. The molecule has 206 valence electrons. The van der Waals surface area contributed by atoms with Crippen molar-refractivity contribution >= 4 is 45.6 Å². The minimum Gasteiger partial charge on any atom is -0.381 e. The third kappa shape index (κ3) is 4.49. The lowest BCUT2D eigenvalue weighted by Crippen LogP contribution is -2.24. The summed E-state index contributed by atoms with van der Waals surface area (Å²) < 4.78 is 46.1. The van der Waals surface area contributed by atoms with Crippen LogP contribution in [-0.2, 0) is 27.6 Å². The van der Waals surface area contributed by atoms with Crippen molar-refractivity contribution in [3.8, 4) is 0 Å². The van der Waals surface area contributed by atoms with Gasteiger partial charge in [0.25, 0.3) is 5.56 Å². The summed E-state index contributed by atoms with van der Waals surface area (Å²) in [7, 11) is -2.86. The van der Waals surface area contributed by atoms with E-state index in [1.807, 2.05) is 0 Å². The van der Waals surface area contributed by atoms with E-state index in [0.29, 0.717) is 24.7 Å². The zero-order chi connectivity index (χ0) is 26.7. The molecule has 39 heavy (non-hydrogen) atoms. The van der Waals surface area contributed by atoms with E-state index in [1.54, 1.807) is 10.7 Å². The van der Waals surface area contributed by atoms with Gasteiger partial charge < -0.3 is 34.5 Å². The van der Waals surface area contributed by atoms with Gasteiger partial charge in [0.2, 0.25) is 5.95 Å². The van der Waals surface area contributed by atoms with Gasteiger partial charge in [0.15, 0.2) is 35.1 Å². The number of anilines is 2. The zero-order valence-corrected chi connectivity index (χ0v) is 22.2. The molecule has 4 aromatic heterocycles. The number of hydrogen-bond donors (Lipinski definition) is 3. The number of fused-ring (bicyclic) bond motifs is 5. The highest BCUT2D eigenvalue weighted by Crippen LogP contribution is 2.45. The average Bonchev–Trinajstić information content (AvgIpc) is 3.67. The summed E-state index contributed by atoms with van der Waals surface area (Å²) >= 11 is 0. The van der Waals surface area contributed by atoms with Crippen LogP contribution in [0.25, 0.3) is 16.8 Å². The number of H-pyrrole nitrogens is 1. The molecular formula is C20H24N10O7P2. The maximum atomic E-state index is 12.9. The fourth-order valence-electron chi connectivity index (χ4n) is 5.17. The lowest BCUT2D eigenvalue weighted by molar-refractivity contribution is -0.0991. The Kier molecular flexibility index (Phi) is 6.31. The lowest BCUT2D eigenvalue weighted by atomic mass is 10.0. The summed E-state index contributed by atoms with van der Waals surface area (Å²) in [5, 5.41) is 4.26. The van der Waals surface area contributed by atoms with E-state index in [0.717, 1.165) is 5.69 Å². The molecule has 3 fully saturated rings. The highest BCUT2D eigenvalue weighted by molar-refractivity contribution is 7.33. The molecule has 0 radical (unpaired) electrons. The molecule has 8 atom stereocenters. The third-order valence-electron chi connectivity index (χ3n) is 7.00. The Morgan fingerprint density at radius 1 is 1.13 bits per heavy atom. The van der Waals surface area contributed by atoms with Crippen LogP contribution in [0.15, 0.2) is 23.6 Å². The molecule has 3 aliphatic heterocycles. The van der Waals surface area contributed by atoms with Crippen LogP contribution in [0, 0.1) is 5.92 Å². The predicted molar refractivity (Wildman–Crippen MR) is 136 cm³/mol. The number of ether oxygens (including phenoxy) is 2. The van der Waals surface area contributed by atoms with E-state index in [4.69, 9.17) is 34.5 Å². The molecule has 19 heteroatoms. The fraction of sp³-hybridized carbons (Fsp3) is 0.500.